The summed E-state index contributed by atoms with van der Waals surface area (Å²) in [5, 5.41) is 5.52. The Bertz CT molecular complexity index is 591. The molecule has 4 nitrogen and oxygen atoms in total. The molecule has 0 bridgehead atoms. The van der Waals surface area contributed by atoms with Crippen molar-refractivity contribution in [2.45, 2.75) is 26.4 Å². The SMILES string of the molecule is COC(=O)[C@@H](NCc1cncc2ccccc12)C(C)C. The van der Waals surface area contributed by atoms with E-state index in [1.165, 1.54) is 7.11 Å². The second-order valence-corrected chi connectivity index (χ2v) is 5.15. The van der Waals surface area contributed by atoms with Crippen molar-refractivity contribution in [3.05, 3.63) is 42.2 Å². The van der Waals surface area contributed by atoms with Gasteiger partial charge in [0, 0.05) is 24.3 Å². The number of nitrogens with one attached hydrogen (secondary N) is 1. The van der Waals surface area contributed by atoms with Crippen molar-refractivity contribution in [1.29, 1.82) is 0 Å². The van der Waals surface area contributed by atoms with Gasteiger partial charge in [-0.3, -0.25) is 15.1 Å². The van der Waals surface area contributed by atoms with Gasteiger partial charge in [0.05, 0.1) is 7.11 Å². The monoisotopic (exact) mass is 272 g/mol. The second kappa shape index (κ2) is 6.48. The maximum Gasteiger partial charge on any atom is 0.323 e. The number of hydrogen-bond acceptors (Lipinski definition) is 4. The standard InChI is InChI=1S/C16H20N2O2/c1-11(2)15(16(19)20-3)18-10-13-9-17-8-12-6-4-5-7-14(12)13/h4-9,11,15,18H,10H2,1-3H3/t15-/m0/s1. The number of pyridine rings is 1. The summed E-state index contributed by atoms with van der Waals surface area (Å²) in [7, 11) is 1.42. The number of rotatable bonds is 5. The maximum atomic E-state index is 11.7. The van der Waals surface area contributed by atoms with Gasteiger partial charge in [-0.15, -0.1) is 0 Å². The van der Waals surface area contributed by atoms with Crippen LogP contribution >= 0.6 is 0 Å². The fourth-order valence-corrected chi connectivity index (χ4v) is 2.26. The predicted molar refractivity (Wildman–Crippen MR) is 79.2 cm³/mol. The molecule has 1 N–H and O–H groups in total. The average molecular weight is 272 g/mol. The number of hydrogen-bond donors (Lipinski definition) is 1. The quantitative estimate of drug-likeness (QED) is 0.850. The molecule has 0 saturated carbocycles. The zero-order valence-electron chi connectivity index (χ0n) is 12.1. The number of nitrogens with zero attached hydrogens (tertiary/aromatic N) is 1. The lowest BCUT2D eigenvalue weighted by Gasteiger charge is -2.20. The van der Waals surface area contributed by atoms with Crippen LogP contribution in [-0.2, 0) is 16.1 Å². The van der Waals surface area contributed by atoms with Crippen LogP contribution in [0.1, 0.15) is 19.4 Å². The molecule has 0 spiro atoms. The molecule has 0 aliphatic rings. The van der Waals surface area contributed by atoms with Crippen molar-refractivity contribution >= 4 is 16.7 Å². The van der Waals surface area contributed by atoms with Crippen LogP contribution in [0.15, 0.2) is 36.7 Å². The summed E-state index contributed by atoms with van der Waals surface area (Å²) in [5.41, 5.74) is 1.08. The van der Waals surface area contributed by atoms with Gasteiger partial charge in [0.1, 0.15) is 6.04 Å². The van der Waals surface area contributed by atoms with Crippen LogP contribution in [0.5, 0.6) is 0 Å². The van der Waals surface area contributed by atoms with E-state index in [9.17, 15) is 4.79 Å². The highest BCUT2D eigenvalue weighted by molar-refractivity contribution is 5.84. The molecule has 4 heteroatoms. The van der Waals surface area contributed by atoms with Crippen LogP contribution in [0.25, 0.3) is 10.8 Å². The lowest BCUT2D eigenvalue weighted by Crippen LogP contribution is -2.41. The van der Waals surface area contributed by atoms with E-state index in [0.717, 1.165) is 16.3 Å². The molecule has 1 aromatic carbocycles. The van der Waals surface area contributed by atoms with Gasteiger partial charge in [0.15, 0.2) is 0 Å². The highest BCUT2D eigenvalue weighted by Gasteiger charge is 2.22. The summed E-state index contributed by atoms with van der Waals surface area (Å²) < 4.78 is 4.83. The first-order chi connectivity index (χ1) is 9.63. The Balaban J connectivity index is 2.18. The molecule has 0 amide bonds. The number of methoxy groups -OCH3 is 1. The molecule has 0 unspecified atom stereocenters. The summed E-state index contributed by atoms with van der Waals surface area (Å²) in [6.07, 6.45) is 3.68. The minimum absolute atomic E-state index is 0.172. The lowest BCUT2D eigenvalue weighted by molar-refractivity contribution is -0.144. The Morgan fingerprint density at radius 2 is 2.05 bits per heavy atom. The Morgan fingerprint density at radius 1 is 1.30 bits per heavy atom. The number of aromatic nitrogens is 1. The lowest BCUT2D eigenvalue weighted by atomic mass is 10.0. The predicted octanol–water partition coefficient (Wildman–Crippen LogP) is 2.52. The van der Waals surface area contributed by atoms with Gasteiger partial charge in [0.25, 0.3) is 0 Å². The number of ether oxygens (including phenoxy) is 1. The Hall–Kier alpha value is -1.94. The van der Waals surface area contributed by atoms with Gasteiger partial charge in [-0.05, 0) is 16.9 Å². The highest BCUT2D eigenvalue weighted by atomic mass is 16.5. The Labute approximate surface area is 119 Å². The molecule has 1 aromatic heterocycles. The molecule has 0 radical (unpaired) electrons. The molecule has 1 atom stereocenters. The molecular formula is C16H20N2O2. The number of carbonyl (C=O) groups excluding carboxylic acids is 1. The smallest absolute Gasteiger partial charge is 0.323 e. The molecule has 2 aromatic rings. The van der Waals surface area contributed by atoms with Crippen LogP contribution in [0.3, 0.4) is 0 Å². The summed E-state index contributed by atoms with van der Waals surface area (Å²) in [6.45, 7) is 4.58. The molecule has 0 saturated heterocycles. The topological polar surface area (TPSA) is 51.2 Å². The minimum Gasteiger partial charge on any atom is -0.468 e. The van der Waals surface area contributed by atoms with Crippen LogP contribution in [-0.4, -0.2) is 24.1 Å². The van der Waals surface area contributed by atoms with Crippen LogP contribution in [0, 0.1) is 5.92 Å². The number of esters is 1. The van der Waals surface area contributed by atoms with E-state index in [4.69, 9.17) is 4.74 Å². The molecular weight excluding hydrogens is 252 g/mol. The fourth-order valence-electron chi connectivity index (χ4n) is 2.26. The minimum atomic E-state index is -0.307. The van der Waals surface area contributed by atoms with E-state index in [0.29, 0.717) is 6.54 Å². The van der Waals surface area contributed by atoms with Gasteiger partial charge >= 0.3 is 5.97 Å². The van der Waals surface area contributed by atoms with Crippen molar-refractivity contribution in [3.8, 4) is 0 Å². The van der Waals surface area contributed by atoms with E-state index in [1.807, 2.05) is 44.4 Å². The first-order valence-corrected chi connectivity index (χ1v) is 6.76. The summed E-state index contributed by atoms with van der Waals surface area (Å²) in [6, 6.07) is 7.79. The molecule has 20 heavy (non-hydrogen) atoms. The van der Waals surface area contributed by atoms with Gasteiger partial charge in [0.2, 0.25) is 0 Å². The normalized spacial score (nSPS) is 12.6. The molecule has 106 valence electrons. The van der Waals surface area contributed by atoms with E-state index in [2.05, 4.69) is 16.4 Å². The zero-order valence-corrected chi connectivity index (χ0v) is 12.1. The van der Waals surface area contributed by atoms with E-state index < -0.39 is 0 Å². The molecule has 1 heterocycles. The fraction of sp³-hybridized carbons (Fsp3) is 0.375. The number of fused-ring (bicyclic) bond motifs is 1. The van der Waals surface area contributed by atoms with Crippen LogP contribution in [0.4, 0.5) is 0 Å². The molecule has 0 aliphatic carbocycles. The van der Waals surface area contributed by atoms with Crippen molar-refractivity contribution in [2.24, 2.45) is 5.92 Å². The largest absolute Gasteiger partial charge is 0.468 e. The second-order valence-electron chi connectivity index (χ2n) is 5.15. The maximum absolute atomic E-state index is 11.7. The van der Waals surface area contributed by atoms with Crippen LogP contribution in [0.2, 0.25) is 0 Å². The highest BCUT2D eigenvalue weighted by Crippen LogP contribution is 2.17. The van der Waals surface area contributed by atoms with E-state index >= 15 is 0 Å². The Morgan fingerprint density at radius 3 is 2.75 bits per heavy atom. The van der Waals surface area contributed by atoms with Crippen molar-refractivity contribution in [3.63, 3.8) is 0 Å². The zero-order chi connectivity index (χ0) is 14.5. The third-order valence-corrected chi connectivity index (χ3v) is 3.38. The third-order valence-electron chi connectivity index (χ3n) is 3.38. The van der Waals surface area contributed by atoms with Crippen LogP contribution < -0.4 is 5.32 Å². The first-order valence-electron chi connectivity index (χ1n) is 6.76. The summed E-state index contributed by atoms with van der Waals surface area (Å²) in [4.78, 5) is 16.0. The summed E-state index contributed by atoms with van der Waals surface area (Å²) in [5.74, 6) is -0.0569. The average Bonchev–Trinajstić information content (AvgIpc) is 2.47. The first kappa shape index (κ1) is 14.5. The van der Waals surface area contributed by atoms with Gasteiger partial charge in [-0.1, -0.05) is 38.1 Å². The summed E-state index contributed by atoms with van der Waals surface area (Å²) >= 11 is 0. The van der Waals surface area contributed by atoms with E-state index in [1.54, 1.807) is 0 Å². The molecule has 2 rings (SSSR count). The Kier molecular flexibility index (Phi) is 4.69. The molecule has 0 fully saturated rings. The van der Waals surface area contributed by atoms with Gasteiger partial charge < -0.3 is 4.74 Å². The number of carbonyl (C=O) groups is 1. The van der Waals surface area contributed by atoms with Crippen molar-refractivity contribution < 1.29 is 9.53 Å². The number of benzene rings is 1. The molecule has 0 aliphatic heterocycles. The van der Waals surface area contributed by atoms with Gasteiger partial charge in [-0.25, -0.2) is 0 Å². The van der Waals surface area contributed by atoms with Crippen molar-refractivity contribution in [1.82, 2.24) is 10.3 Å². The van der Waals surface area contributed by atoms with Crippen molar-refractivity contribution in [2.75, 3.05) is 7.11 Å². The van der Waals surface area contributed by atoms with Gasteiger partial charge in [-0.2, -0.15) is 0 Å². The van der Waals surface area contributed by atoms with E-state index in [-0.39, 0.29) is 17.9 Å². The third kappa shape index (κ3) is 3.14.